The molecule has 2 aromatic rings. The number of hydrogen-bond donors (Lipinski definition) is 0. The van der Waals surface area contributed by atoms with E-state index in [1.54, 1.807) is 6.07 Å². The van der Waals surface area contributed by atoms with Crippen molar-refractivity contribution >= 4 is 17.6 Å². The first-order valence-electron chi connectivity index (χ1n) is 6.95. The van der Waals surface area contributed by atoms with Crippen LogP contribution < -0.4 is 4.74 Å². The maximum absolute atomic E-state index is 13.6. The van der Waals surface area contributed by atoms with E-state index >= 15 is 0 Å². The molecule has 0 aliphatic carbocycles. The molecule has 1 atom stereocenters. The molecule has 3 nitrogen and oxygen atoms in total. The van der Waals surface area contributed by atoms with Crippen LogP contribution in [0.2, 0.25) is 5.02 Å². The van der Waals surface area contributed by atoms with Crippen molar-refractivity contribution in [1.29, 1.82) is 0 Å². The van der Waals surface area contributed by atoms with Crippen LogP contribution in [0.1, 0.15) is 11.1 Å². The van der Waals surface area contributed by atoms with Gasteiger partial charge in [-0.2, -0.15) is 0 Å². The van der Waals surface area contributed by atoms with Gasteiger partial charge in [-0.1, -0.05) is 35.9 Å². The molecule has 3 rings (SSSR count). The highest BCUT2D eigenvalue weighted by atomic mass is 35.5. The number of carbonyl (C=O) groups is 1. The normalized spacial score (nSPS) is 16.5. The summed E-state index contributed by atoms with van der Waals surface area (Å²) in [5.41, 5.74) is 1.16. The highest BCUT2D eigenvalue weighted by molar-refractivity contribution is 6.31. The highest BCUT2D eigenvalue weighted by Gasteiger charge is 2.27. The van der Waals surface area contributed by atoms with Crippen LogP contribution in [0.15, 0.2) is 42.5 Å². The smallest absolute Gasteiger partial charge is 0.313 e. The minimum absolute atomic E-state index is 0.178. The largest absolute Gasteiger partial charge is 0.492 e. The Balaban J connectivity index is 1.64. The summed E-state index contributed by atoms with van der Waals surface area (Å²) in [6.07, 6.45) is 0.556. The van der Waals surface area contributed by atoms with Gasteiger partial charge in [0.05, 0.1) is 10.9 Å². The molecule has 2 aromatic carbocycles. The van der Waals surface area contributed by atoms with Gasteiger partial charge >= 0.3 is 5.97 Å². The molecule has 1 unspecified atom stereocenters. The first-order valence-corrected chi connectivity index (χ1v) is 7.33. The highest BCUT2D eigenvalue weighted by Crippen LogP contribution is 2.28. The Morgan fingerprint density at radius 1 is 1.27 bits per heavy atom. The van der Waals surface area contributed by atoms with E-state index in [1.807, 2.05) is 24.3 Å². The van der Waals surface area contributed by atoms with Crippen molar-refractivity contribution in [3.63, 3.8) is 0 Å². The zero-order chi connectivity index (χ0) is 15.5. The van der Waals surface area contributed by atoms with Gasteiger partial charge in [-0.15, -0.1) is 0 Å². The summed E-state index contributed by atoms with van der Waals surface area (Å²) in [6, 6.07) is 11.9. The first kappa shape index (κ1) is 14.9. The van der Waals surface area contributed by atoms with Crippen LogP contribution in [0, 0.1) is 11.7 Å². The van der Waals surface area contributed by atoms with E-state index in [0.717, 1.165) is 11.3 Å². The van der Waals surface area contributed by atoms with Gasteiger partial charge in [0, 0.05) is 5.56 Å². The molecule has 0 amide bonds. The number of rotatable bonds is 3. The summed E-state index contributed by atoms with van der Waals surface area (Å²) >= 11 is 5.91. The van der Waals surface area contributed by atoms with Gasteiger partial charge in [-0.25, -0.2) is 4.39 Å². The number of carbonyl (C=O) groups excluding carboxylic acids is 1. The van der Waals surface area contributed by atoms with Crippen LogP contribution in [-0.2, 0) is 22.6 Å². The first-order chi connectivity index (χ1) is 10.6. The molecule has 0 saturated heterocycles. The number of ether oxygens (including phenoxy) is 2. The van der Waals surface area contributed by atoms with Crippen molar-refractivity contribution in [3.05, 3.63) is 64.4 Å². The van der Waals surface area contributed by atoms with E-state index in [2.05, 4.69) is 0 Å². The summed E-state index contributed by atoms with van der Waals surface area (Å²) in [5.74, 6) is -0.483. The fraction of sp³-hybridized carbons (Fsp3) is 0.235. The molecule has 0 N–H and O–H groups in total. The molecule has 1 aliphatic rings. The number of para-hydroxylation sites is 1. The van der Waals surface area contributed by atoms with Crippen LogP contribution in [0.25, 0.3) is 0 Å². The monoisotopic (exact) mass is 320 g/mol. The van der Waals surface area contributed by atoms with Crippen molar-refractivity contribution < 1.29 is 18.7 Å². The van der Waals surface area contributed by atoms with E-state index in [-0.39, 0.29) is 29.7 Å². The van der Waals surface area contributed by atoms with Crippen LogP contribution in [0.5, 0.6) is 5.75 Å². The van der Waals surface area contributed by atoms with E-state index < -0.39 is 11.8 Å². The molecule has 0 fully saturated rings. The maximum Gasteiger partial charge on any atom is 0.313 e. The Kier molecular flexibility index (Phi) is 4.29. The second-order valence-electron chi connectivity index (χ2n) is 5.13. The molecule has 5 heteroatoms. The lowest BCUT2D eigenvalue weighted by atomic mass is 9.97. The van der Waals surface area contributed by atoms with Gasteiger partial charge in [0.25, 0.3) is 0 Å². The molecule has 22 heavy (non-hydrogen) atoms. The lowest BCUT2D eigenvalue weighted by Crippen LogP contribution is -2.29. The molecule has 0 saturated carbocycles. The van der Waals surface area contributed by atoms with Crippen LogP contribution >= 0.6 is 11.6 Å². The van der Waals surface area contributed by atoms with Crippen molar-refractivity contribution in [2.24, 2.45) is 5.92 Å². The molecule has 1 aliphatic heterocycles. The SMILES string of the molecule is O=C(OCc1c(F)cccc1Cl)C1COc2ccccc2C1. The van der Waals surface area contributed by atoms with Crippen molar-refractivity contribution in [2.45, 2.75) is 13.0 Å². The predicted octanol–water partition coefficient (Wildman–Crippen LogP) is 3.77. The van der Waals surface area contributed by atoms with E-state index in [1.165, 1.54) is 12.1 Å². The summed E-state index contributed by atoms with van der Waals surface area (Å²) in [4.78, 5) is 12.1. The fourth-order valence-electron chi connectivity index (χ4n) is 2.41. The molecule has 114 valence electrons. The molecule has 0 aromatic heterocycles. The average Bonchev–Trinajstić information content (AvgIpc) is 2.53. The number of halogens is 2. The Bertz CT molecular complexity index is 682. The third kappa shape index (κ3) is 3.07. The summed E-state index contributed by atoms with van der Waals surface area (Å²) in [5, 5.41) is 0.248. The van der Waals surface area contributed by atoms with Gasteiger partial charge in [0.2, 0.25) is 0 Å². The maximum atomic E-state index is 13.6. The van der Waals surface area contributed by atoms with Crippen molar-refractivity contribution in [3.8, 4) is 5.75 Å². The quantitative estimate of drug-likeness (QED) is 0.808. The van der Waals surface area contributed by atoms with Crippen LogP contribution in [0.4, 0.5) is 4.39 Å². The summed E-state index contributed by atoms with van der Waals surface area (Å²) in [6.45, 7) is 0.0866. The van der Waals surface area contributed by atoms with E-state index in [9.17, 15) is 9.18 Å². The molecule has 1 heterocycles. The fourth-order valence-corrected chi connectivity index (χ4v) is 2.63. The molecular formula is C17H14ClFO3. The molecule has 0 bridgehead atoms. The van der Waals surface area contributed by atoms with Gasteiger partial charge in [0.1, 0.15) is 24.8 Å². The Labute approximate surface area is 132 Å². The number of fused-ring (bicyclic) bond motifs is 1. The Morgan fingerprint density at radius 3 is 2.91 bits per heavy atom. The third-order valence-corrected chi connectivity index (χ3v) is 3.99. The molecule has 0 spiro atoms. The summed E-state index contributed by atoms with van der Waals surface area (Å²) in [7, 11) is 0. The minimum atomic E-state index is -0.481. The van der Waals surface area contributed by atoms with Crippen molar-refractivity contribution in [2.75, 3.05) is 6.61 Å². The topological polar surface area (TPSA) is 35.5 Å². The minimum Gasteiger partial charge on any atom is -0.492 e. The lowest BCUT2D eigenvalue weighted by molar-refractivity contribution is -0.151. The van der Waals surface area contributed by atoms with Crippen molar-refractivity contribution in [1.82, 2.24) is 0 Å². The van der Waals surface area contributed by atoms with Gasteiger partial charge in [-0.05, 0) is 30.2 Å². The second-order valence-corrected chi connectivity index (χ2v) is 5.53. The van der Waals surface area contributed by atoms with Gasteiger partial charge < -0.3 is 9.47 Å². The zero-order valence-corrected chi connectivity index (χ0v) is 12.5. The standard InChI is InChI=1S/C17H14ClFO3/c18-14-5-3-6-15(19)13(14)10-22-17(20)12-8-11-4-1-2-7-16(11)21-9-12/h1-7,12H,8-10H2. The lowest BCUT2D eigenvalue weighted by Gasteiger charge is -2.24. The van der Waals surface area contributed by atoms with E-state index in [4.69, 9.17) is 21.1 Å². The average molecular weight is 321 g/mol. The second kappa shape index (κ2) is 6.36. The van der Waals surface area contributed by atoms with Gasteiger partial charge in [-0.3, -0.25) is 4.79 Å². The number of hydrogen-bond acceptors (Lipinski definition) is 3. The molecule has 0 radical (unpaired) electrons. The van der Waals surface area contributed by atoms with Crippen LogP contribution in [-0.4, -0.2) is 12.6 Å². The zero-order valence-electron chi connectivity index (χ0n) is 11.7. The number of benzene rings is 2. The predicted molar refractivity (Wildman–Crippen MR) is 80.3 cm³/mol. The molecular weight excluding hydrogens is 307 g/mol. The Hall–Kier alpha value is -2.07. The van der Waals surface area contributed by atoms with E-state index in [0.29, 0.717) is 6.42 Å². The summed E-state index contributed by atoms with van der Waals surface area (Å²) < 4.78 is 24.4. The number of esters is 1. The van der Waals surface area contributed by atoms with Gasteiger partial charge in [0.15, 0.2) is 0 Å². The third-order valence-electron chi connectivity index (χ3n) is 3.63. The Morgan fingerprint density at radius 2 is 2.09 bits per heavy atom. The van der Waals surface area contributed by atoms with Crippen LogP contribution in [0.3, 0.4) is 0 Å².